The molecule has 2 heterocycles. The highest BCUT2D eigenvalue weighted by Gasteiger charge is 2.54. The third-order valence-electron chi connectivity index (χ3n) is 3.07. The average Bonchev–Trinajstić information content (AvgIpc) is 2.39. The van der Waals surface area contributed by atoms with E-state index < -0.39 is 6.29 Å². The van der Waals surface area contributed by atoms with E-state index in [1.165, 1.54) is 0 Å². The summed E-state index contributed by atoms with van der Waals surface area (Å²) in [5.74, 6) is 0.0926. The average molecular weight is 158 g/mol. The topological polar surface area (TPSA) is 38.7 Å². The van der Waals surface area contributed by atoms with Gasteiger partial charge in [0.1, 0.15) is 0 Å². The number of aliphatic hydroxyl groups is 1. The Morgan fingerprint density at radius 2 is 2.27 bits per heavy atom. The van der Waals surface area contributed by atoms with E-state index in [0.717, 1.165) is 13.0 Å². The molecule has 3 nitrogen and oxygen atoms in total. The van der Waals surface area contributed by atoms with Crippen molar-refractivity contribution in [2.24, 2.45) is 5.92 Å². The Morgan fingerprint density at radius 3 is 2.91 bits per heavy atom. The van der Waals surface area contributed by atoms with Crippen molar-refractivity contribution in [1.82, 2.24) is 0 Å². The monoisotopic (exact) mass is 158 g/mol. The van der Waals surface area contributed by atoms with Gasteiger partial charge in [-0.05, 0) is 13.3 Å². The fraction of sp³-hybridized carbons (Fsp3) is 1.00. The van der Waals surface area contributed by atoms with Gasteiger partial charge in [-0.25, -0.2) is 0 Å². The number of rotatable bonds is 0. The molecule has 0 bridgehead atoms. The smallest absolute Gasteiger partial charge is 0.160 e. The van der Waals surface area contributed by atoms with Gasteiger partial charge in [-0.3, -0.25) is 0 Å². The van der Waals surface area contributed by atoms with Crippen molar-refractivity contribution in [2.75, 3.05) is 6.61 Å². The second-order valence-corrected chi connectivity index (χ2v) is 3.62. The molecule has 2 aliphatic heterocycles. The lowest BCUT2D eigenvalue weighted by molar-refractivity contribution is -0.106. The van der Waals surface area contributed by atoms with Crippen LogP contribution in [0.1, 0.15) is 20.3 Å². The molecule has 2 fully saturated rings. The largest absolute Gasteiger partial charge is 0.372 e. The Bertz CT molecular complexity index is 167. The summed E-state index contributed by atoms with van der Waals surface area (Å²) in [6.45, 7) is 4.75. The summed E-state index contributed by atoms with van der Waals surface area (Å²) in [5.41, 5.74) is -0.237. The molecule has 0 aliphatic carbocycles. The molecule has 4 atom stereocenters. The second-order valence-electron chi connectivity index (χ2n) is 3.62. The zero-order valence-electron chi connectivity index (χ0n) is 6.91. The molecule has 2 saturated heterocycles. The van der Waals surface area contributed by atoms with Crippen LogP contribution in [0.3, 0.4) is 0 Å². The van der Waals surface area contributed by atoms with Crippen molar-refractivity contribution < 1.29 is 14.6 Å². The van der Waals surface area contributed by atoms with Crippen molar-refractivity contribution in [1.29, 1.82) is 0 Å². The Labute approximate surface area is 66.3 Å². The van der Waals surface area contributed by atoms with E-state index in [1.807, 2.05) is 13.8 Å². The van der Waals surface area contributed by atoms with Crippen LogP contribution in [-0.2, 0) is 9.47 Å². The van der Waals surface area contributed by atoms with E-state index in [1.54, 1.807) is 0 Å². The van der Waals surface area contributed by atoms with Crippen molar-refractivity contribution in [3.63, 3.8) is 0 Å². The summed E-state index contributed by atoms with van der Waals surface area (Å²) < 4.78 is 10.9. The normalized spacial score (nSPS) is 56.5. The molecule has 1 N–H and O–H groups in total. The minimum Gasteiger partial charge on any atom is -0.372 e. The molecule has 64 valence electrons. The SMILES string of the molecule is C[C@@H]1C(O)OC2CCO[C@@]21C. The number of aliphatic hydroxyl groups excluding tert-OH is 1. The van der Waals surface area contributed by atoms with Gasteiger partial charge in [0.15, 0.2) is 6.29 Å². The number of fused-ring (bicyclic) bond motifs is 1. The molecular weight excluding hydrogens is 144 g/mol. The maximum atomic E-state index is 9.37. The van der Waals surface area contributed by atoms with Gasteiger partial charge in [-0.1, -0.05) is 6.92 Å². The van der Waals surface area contributed by atoms with E-state index in [4.69, 9.17) is 9.47 Å². The fourth-order valence-electron chi connectivity index (χ4n) is 1.96. The number of hydrogen-bond donors (Lipinski definition) is 1. The summed E-state index contributed by atoms with van der Waals surface area (Å²) in [7, 11) is 0. The van der Waals surface area contributed by atoms with E-state index in [0.29, 0.717) is 0 Å². The quantitative estimate of drug-likeness (QED) is 0.558. The summed E-state index contributed by atoms with van der Waals surface area (Å²) in [6, 6.07) is 0. The zero-order chi connectivity index (χ0) is 8.06. The molecule has 2 aliphatic rings. The number of hydrogen-bond acceptors (Lipinski definition) is 3. The minimum absolute atomic E-state index is 0.0926. The van der Waals surface area contributed by atoms with Crippen LogP contribution < -0.4 is 0 Å². The Hall–Kier alpha value is -0.120. The first kappa shape index (κ1) is 7.53. The van der Waals surface area contributed by atoms with Gasteiger partial charge in [0.2, 0.25) is 0 Å². The van der Waals surface area contributed by atoms with Crippen molar-refractivity contribution >= 4 is 0 Å². The van der Waals surface area contributed by atoms with Gasteiger partial charge < -0.3 is 14.6 Å². The maximum absolute atomic E-state index is 9.37. The second kappa shape index (κ2) is 2.19. The van der Waals surface area contributed by atoms with Gasteiger partial charge in [-0.2, -0.15) is 0 Å². The lowest BCUT2D eigenvalue weighted by Crippen LogP contribution is -2.37. The van der Waals surface area contributed by atoms with Gasteiger partial charge in [-0.15, -0.1) is 0 Å². The zero-order valence-corrected chi connectivity index (χ0v) is 6.91. The predicted octanol–water partition coefficient (Wildman–Crippen LogP) is 0.519. The molecule has 11 heavy (non-hydrogen) atoms. The first-order chi connectivity index (χ1) is 5.14. The summed E-state index contributed by atoms with van der Waals surface area (Å²) in [5, 5.41) is 9.37. The highest BCUT2D eigenvalue weighted by atomic mass is 16.7. The third-order valence-corrected chi connectivity index (χ3v) is 3.07. The van der Waals surface area contributed by atoms with Crippen LogP contribution in [0.4, 0.5) is 0 Å². The van der Waals surface area contributed by atoms with Gasteiger partial charge in [0, 0.05) is 5.92 Å². The third kappa shape index (κ3) is 0.849. The molecule has 0 spiro atoms. The van der Waals surface area contributed by atoms with E-state index in [2.05, 4.69) is 0 Å². The van der Waals surface area contributed by atoms with Gasteiger partial charge in [0.05, 0.1) is 18.3 Å². The lowest BCUT2D eigenvalue weighted by atomic mass is 9.89. The Balaban J connectivity index is 2.23. The first-order valence-electron chi connectivity index (χ1n) is 4.12. The van der Waals surface area contributed by atoms with Crippen LogP contribution in [0.25, 0.3) is 0 Å². The van der Waals surface area contributed by atoms with E-state index in [-0.39, 0.29) is 17.6 Å². The number of ether oxygens (including phenoxy) is 2. The molecule has 0 aromatic carbocycles. The van der Waals surface area contributed by atoms with Gasteiger partial charge in [0.25, 0.3) is 0 Å². The van der Waals surface area contributed by atoms with Crippen LogP contribution >= 0.6 is 0 Å². The van der Waals surface area contributed by atoms with Crippen molar-refractivity contribution in [2.45, 2.75) is 38.3 Å². The highest BCUT2D eigenvalue weighted by Crippen LogP contribution is 2.43. The van der Waals surface area contributed by atoms with E-state index >= 15 is 0 Å². The molecule has 3 heteroatoms. The predicted molar refractivity (Wildman–Crippen MR) is 39.0 cm³/mol. The molecule has 0 aromatic heterocycles. The standard InChI is InChI=1S/C8H14O3/c1-5-7(9)11-6-3-4-10-8(5,6)2/h5-7,9H,3-4H2,1-2H3/t5-,6?,7?,8-/m1/s1. The van der Waals surface area contributed by atoms with Crippen LogP contribution in [0.5, 0.6) is 0 Å². The van der Waals surface area contributed by atoms with Crippen LogP contribution in [0, 0.1) is 5.92 Å². The fourth-order valence-corrected chi connectivity index (χ4v) is 1.96. The lowest BCUT2D eigenvalue weighted by Gasteiger charge is -2.25. The molecule has 2 rings (SSSR count). The molecule has 0 saturated carbocycles. The van der Waals surface area contributed by atoms with Crippen LogP contribution in [0.15, 0.2) is 0 Å². The Morgan fingerprint density at radius 1 is 1.55 bits per heavy atom. The van der Waals surface area contributed by atoms with E-state index in [9.17, 15) is 5.11 Å². The minimum atomic E-state index is -0.634. The maximum Gasteiger partial charge on any atom is 0.160 e. The van der Waals surface area contributed by atoms with Crippen molar-refractivity contribution in [3.8, 4) is 0 Å². The molecular formula is C8H14O3. The summed E-state index contributed by atoms with van der Waals surface area (Å²) in [4.78, 5) is 0. The summed E-state index contributed by atoms with van der Waals surface area (Å²) >= 11 is 0. The molecule has 0 amide bonds. The van der Waals surface area contributed by atoms with Crippen LogP contribution in [-0.4, -0.2) is 29.7 Å². The summed E-state index contributed by atoms with van der Waals surface area (Å²) in [6.07, 6.45) is 0.385. The Kier molecular flexibility index (Phi) is 1.50. The van der Waals surface area contributed by atoms with Gasteiger partial charge >= 0.3 is 0 Å². The molecule has 2 unspecified atom stereocenters. The first-order valence-corrected chi connectivity index (χ1v) is 4.12. The molecule has 0 aromatic rings. The van der Waals surface area contributed by atoms with Crippen molar-refractivity contribution in [3.05, 3.63) is 0 Å². The van der Waals surface area contributed by atoms with Crippen LogP contribution in [0.2, 0.25) is 0 Å². The molecule has 0 radical (unpaired) electrons. The highest BCUT2D eigenvalue weighted by molar-refractivity contribution is 4.99.